The molecule has 2 aromatic carbocycles. The van der Waals surface area contributed by atoms with Crippen molar-refractivity contribution in [3.8, 4) is 0 Å². The van der Waals surface area contributed by atoms with Crippen LogP contribution in [0.4, 0.5) is 10.5 Å². The summed E-state index contributed by atoms with van der Waals surface area (Å²) in [7, 11) is 0. The summed E-state index contributed by atoms with van der Waals surface area (Å²) in [5.41, 5.74) is 8.42. The Morgan fingerprint density at radius 3 is 2.22 bits per heavy atom. The minimum atomic E-state index is -0.350. The molecular weight excluding hydrogens is 398 g/mol. The monoisotopic (exact) mass is 433 g/mol. The third kappa shape index (κ3) is 4.83. The lowest BCUT2D eigenvalue weighted by atomic mass is 9.87. The fourth-order valence-corrected chi connectivity index (χ4v) is 4.26. The molecular formula is C27H35N3O2. The Labute approximate surface area is 191 Å². The number of likely N-dealkylation sites (tertiary alicyclic amines) is 1. The molecule has 0 unspecified atom stereocenters. The second-order valence-corrected chi connectivity index (χ2v) is 10.3. The Hall–Kier alpha value is -2.79. The van der Waals surface area contributed by atoms with Gasteiger partial charge in [-0.2, -0.15) is 0 Å². The molecule has 2 aliphatic heterocycles. The van der Waals surface area contributed by atoms with E-state index in [4.69, 9.17) is 4.84 Å². The first-order valence-electron chi connectivity index (χ1n) is 11.6. The van der Waals surface area contributed by atoms with Gasteiger partial charge in [-0.1, -0.05) is 71.0 Å². The highest BCUT2D eigenvalue weighted by molar-refractivity contribution is 5.89. The summed E-state index contributed by atoms with van der Waals surface area (Å²) in [5, 5.41) is 3.03. The van der Waals surface area contributed by atoms with Crippen LogP contribution < -0.4 is 10.8 Å². The van der Waals surface area contributed by atoms with Crippen LogP contribution in [0.25, 0.3) is 5.70 Å². The Balaban J connectivity index is 1.35. The van der Waals surface area contributed by atoms with E-state index >= 15 is 0 Å². The minimum absolute atomic E-state index is 0.0530. The van der Waals surface area contributed by atoms with Crippen molar-refractivity contribution in [2.24, 2.45) is 0 Å². The van der Waals surface area contributed by atoms with E-state index < -0.39 is 0 Å². The maximum absolute atomic E-state index is 12.8. The molecule has 0 bridgehead atoms. The molecule has 32 heavy (non-hydrogen) atoms. The van der Waals surface area contributed by atoms with Crippen LogP contribution in [-0.4, -0.2) is 29.6 Å². The van der Waals surface area contributed by atoms with Crippen LogP contribution in [0.15, 0.2) is 54.6 Å². The van der Waals surface area contributed by atoms with Gasteiger partial charge >= 0.3 is 6.03 Å². The van der Waals surface area contributed by atoms with Gasteiger partial charge < -0.3 is 10.2 Å². The number of hydrogen-bond acceptors (Lipinski definition) is 3. The second-order valence-electron chi connectivity index (χ2n) is 10.3. The number of rotatable bonds is 3. The highest BCUT2D eigenvalue weighted by Gasteiger charge is 2.39. The maximum atomic E-state index is 12.8. The Morgan fingerprint density at radius 2 is 1.66 bits per heavy atom. The van der Waals surface area contributed by atoms with Crippen molar-refractivity contribution in [1.29, 1.82) is 0 Å². The third-order valence-corrected chi connectivity index (χ3v) is 6.56. The number of benzene rings is 2. The Kier molecular flexibility index (Phi) is 6.04. The number of urea groups is 1. The van der Waals surface area contributed by atoms with Gasteiger partial charge in [-0.25, -0.2) is 4.79 Å². The van der Waals surface area contributed by atoms with Gasteiger partial charge in [0.15, 0.2) is 0 Å². The van der Waals surface area contributed by atoms with Crippen molar-refractivity contribution in [1.82, 2.24) is 10.4 Å². The smallest absolute Gasteiger partial charge is 0.321 e. The molecule has 1 spiro atoms. The zero-order valence-electron chi connectivity index (χ0n) is 19.9. The van der Waals surface area contributed by atoms with E-state index in [1.807, 2.05) is 17.0 Å². The standard InChI is InChI=1S/C27H35N3O2/c1-19(2)20-6-8-21(9-7-20)24-18-27(32-29-24)14-16-30(17-15-27)25(31)28-23-12-10-22(11-13-23)26(3,4)5/h6-13,18-19,29H,14-17H2,1-5H3,(H,28,31). The maximum Gasteiger partial charge on any atom is 0.321 e. The summed E-state index contributed by atoms with van der Waals surface area (Å²) in [6.45, 7) is 12.3. The van der Waals surface area contributed by atoms with Gasteiger partial charge in [0.1, 0.15) is 5.60 Å². The largest absolute Gasteiger partial charge is 0.324 e. The number of carbonyl (C=O) groups is 1. The molecule has 2 heterocycles. The van der Waals surface area contributed by atoms with Crippen LogP contribution in [-0.2, 0) is 10.3 Å². The number of hydroxylamine groups is 1. The zero-order valence-corrected chi connectivity index (χ0v) is 19.9. The molecule has 0 aliphatic carbocycles. The van der Waals surface area contributed by atoms with E-state index in [1.165, 1.54) is 11.1 Å². The van der Waals surface area contributed by atoms with Gasteiger partial charge in [-0.15, -0.1) is 0 Å². The number of hydrogen-bond donors (Lipinski definition) is 2. The second kappa shape index (κ2) is 8.62. The fourth-order valence-electron chi connectivity index (χ4n) is 4.26. The molecule has 5 heteroatoms. The fraction of sp³-hybridized carbons (Fsp3) is 0.444. The van der Waals surface area contributed by atoms with E-state index in [-0.39, 0.29) is 17.0 Å². The number of anilines is 1. The molecule has 2 aromatic rings. The summed E-state index contributed by atoms with van der Waals surface area (Å²) in [6, 6.07) is 16.7. The predicted octanol–water partition coefficient (Wildman–Crippen LogP) is 6.05. The van der Waals surface area contributed by atoms with E-state index in [1.54, 1.807) is 0 Å². The van der Waals surface area contributed by atoms with Crippen molar-refractivity contribution >= 4 is 17.4 Å². The molecule has 1 fully saturated rings. The highest BCUT2D eigenvalue weighted by atomic mass is 16.7. The van der Waals surface area contributed by atoms with Crippen LogP contribution >= 0.6 is 0 Å². The van der Waals surface area contributed by atoms with Crippen molar-refractivity contribution in [3.63, 3.8) is 0 Å². The number of amides is 2. The average molecular weight is 434 g/mol. The van der Waals surface area contributed by atoms with Crippen LogP contribution in [0.2, 0.25) is 0 Å². The molecule has 0 atom stereocenters. The van der Waals surface area contributed by atoms with E-state index in [0.717, 1.165) is 29.8 Å². The van der Waals surface area contributed by atoms with E-state index in [2.05, 4.69) is 87.9 Å². The minimum Gasteiger partial charge on any atom is -0.324 e. The molecule has 0 saturated carbocycles. The van der Waals surface area contributed by atoms with Crippen LogP contribution in [0.3, 0.4) is 0 Å². The summed E-state index contributed by atoms with van der Waals surface area (Å²) >= 11 is 0. The lowest BCUT2D eigenvalue weighted by Gasteiger charge is -2.36. The third-order valence-electron chi connectivity index (χ3n) is 6.56. The van der Waals surface area contributed by atoms with Gasteiger partial charge in [0.2, 0.25) is 0 Å². The number of nitrogens with zero attached hydrogens (tertiary/aromatic N) is 1. The topological polar surface area (TPSA) is 53.6 Å². The molecule has 5 nitrogen and oxygen atoms in total. The first kappa shape index (κ1) is 22.4. The molecule has 4 rings (SSSR count). The van der Waals surface area contributed by atoms with Gasteiger partial charge in [0.25, 0.3) is 0 Å². The van der Waals surface area contributed by atoms with Crippen molar-refractivity contribution in [2.45, 2.75) is 64.4 Å². The molecule has 2 N–H and O–H groups in total. The SMILES string of the molecule is CC(C)c1ccc(C2=CC3(CCN(C(=O)Nc4ccc(C(C)(C)C)cc4)CC3)ON2)cc1. The van der Waals surface area contributed by atoms with E-state index in [0.29, 0.717) is 19.0 Å². The lowest BCUT2D eigenvalue weighted by molar-refractivity contribution is -0.0634. The van der Waals surface area contributed by atoms with E-state index in [9.17, 15) is 4.79 Å². The summed E-state index contributed by atoms with van der Waals surface area (Å²) < 4.78 is 0. The van der Waals surface area contributed by atoms with Gasteiger partial charge in [0, 0.05) is 31.6 Å². The molecule has 2 aliphatic rings. The average Bonchev–Trinajstić information content (AvgIpc) is 3.17. The lowest BCUT2D eigenvalue weighted by Crippen LogP contribution is -2.48. The van der Waals surface area contributed by atoms with Crippen LogP contribution in [0, 0.1) is 0 Å². The number of nitrogens with one attached hydrogen (secondary N) is 2. The quantitative estimate of drug-likeness (QED) is 0.619. The van der Waals surface area contributed by atoms with Crippen LogP contribution in [0.5, 0.6) is 0 Å². The summed E-state index contributed by atoms with van der Waals surface area (Å²) in [5.74, 6) is 0.518. The van der Waals surface area contributed by atoms with Crippen LogP contribution in [0.1, 0.15) is 70.1 Å². The summed E-state index contributed by atoms with van der Waals surface area (Å²) in [4.78, 5) is 20.7. The molecule has 0 aromatic heterocycles. The van der Waals surface area contributed by atoms with Gasteiger partial charge in [-0.05, 0) is 46.2 Å². The first-order valence-corrected chi connectivity index (χ1v) is 11.6. The Bertz CT molecular complexity index is 977. The van der Waals surface area contributed by atoms with Crippen molar-refractivity contribution < 1.29 is 9.63 Å². The molecule has 0 radical (unpaired) electrons. The number of carbonyl (C=O) groups excluding carboxylic acids is 1. The normalized spacial score (nSPS) is 17.9. The van der Waals surface area contributed by atoms with Gasteiger partial charge in [0.05, 0.1) is 5.70 Å². The number of piperidine rings is 1. The Morgan fingerprint density at radius 1 is 1.03 bits per heavy atom. The molecule has 170 valence electrons. The van der Waals surface area contributed by atoms with Crippen molar-refractivity contribution in [3.05, 3.63) is 71.3 Å². The highest BCUT2D eigenvalue weighted by Crippen LogP contribution is 2.35. The van der Waals surface area contributed by atoms with Crippen molar-refractivity contribution in [2.75, 3.05) is 18.4 Å². The van der Waals surface area contributed by atoms with Gasteiger partial charge in [-0.3, -0.25) is 10.3 Å². The molecule has 2 amide bonds. The predicted molar refractivity (Wildman–Crippen MR) is 130 cm³/mol. The zero-order chi connectivity index (χ0) is 22.9. The first-order chi connectivity index (χ1) is 15.2. The molecule has 1 saturated heterocycles. The summed E-state index contributed by atoms with van der Waals surface area (Å²) in [6.07, 6.45) is 3.73.